The zero-order valence-electron chi connectivity index (χ0n) is 19.5. The van der Waals surface area contributed by atoms with Gasteiger partial charge >= 0.3 is 5.91 Å². The Labute approximate surface area is 181 Å². The molecule has 2 heteroatoms. The number of unbranched alkanes of at least 4 members (excludes halogenated alkanes) is 11. The molecule has 0 fully saturated rings. The summed E-state index contributed by atoms with van der Waals surface area (Å²) in [5.41, 5.74) is 1.23. The van der Waals surface area contributed by atoms with Crippen LogP contribution in [0.5, 0.6) is 0 Å². The van der Waals surface area contributed by atoms with Crippen LogP contribution in [-0.4, -0.2) is 24.5 Å². The Bertz CT molecular complexity index is 547. The topological polar surface area (TPSA) is 17.1 Å². The van der Waals surface area contributed by atoms with Crippen LogP contribution in [0.15, 0.2) is 42.5 Å². The van der Waals surface area contributed by atoms with Crippen LogP contribution in [0.25, 0.3) is 0 Å². The van der Waals surface area contributed by atoms with Gasteiger partial charge in [0.2, 0.25) is 0 Å². The van der Waals surface area contributed by atoms with E-state index < -0.39 is 0 Å². The van der Waals surface area contributed by atoms with Crippen LogP contribution in [0.3, 0.4) is 0 Å². The third-order valence-corrected chi connectivity index (χ3v) is 5.75. The number of hydrogen-bond donors (Lipinski definition) is 0. The molecule has 1 aromatic rings. The Balaban J connectivity index is 1.97. The number of amides is 1. The molecule has 0 aliphatic carbocycles. The SMILES string of the molecule is CCCCCCCC/C=C\CCCCCCCC(=O)[N+](C)(C)Cc1ccccc1. The van der Waals surface area contributed by atoms with Crippen molar-refractivity contribution in [2.75, 3.05) is 14.1 Å². The van der Waals surface area contributed by atoms with Crippen molar-refractivity contribution in [2.24, 2.45) is 0 Å². The molecule has 0 atom stereocenters. The molecule has 1 aromatic carbocycles. The van der Waals surface area contributed by atoms with Gasteiger partial charge in [-0.2, -0.15) is 0 Å². The van der Waals surface area contributed by atoms with E-state index in [2.05, 4.69) is 31.2 Å². The van der Waals surface area contributed by atoms with Gasteiger partial charge in [-0.15, -0.1) is 0 Å². The van der Waals surface area contributed by atoms with E-state index in [1.165, 1.54) is 82.6 Å². The predicted octanol–water partition coefficient (Wildman–Crippen LogP) is 7.83. The molecule has 0 spiro atoms. The molecule has 0 radical (unpaired) electrons. The molecule has 164 valence electrons. The van der Waals surface area contributed by atoms with Crippen LogP contribution in [-0.2, 0) is 11.3 Å². The van der Waals surface area contributed by atoms with Gasteiger partial charge in [0.15, 0.2) is 0 Å². The number of benzene rings is 1. The normalized spacial score (nSPS) is 12.0. The van der Waals surface area contributed by atoms with Crippen LogP contribution < -0.4 is 0 Å². The molecule has 1 amide bonds. The van der Waals surface area contributed by atoms with Crippen LogP contribution in [0, 0.1) is 0 Å². The number of carbonyl (C=O) groups is 1. The van der Waals surface area contributed by atoms with E-state index in [1.807, 2.05) is 32.3 Å². The summed E-state index contributed by atoms with van der Waals surface area (Å²) in [7, 11) is 4.07. The summed E-state index contributed by atoms with van der Waals surface area (Å²) in [6.45, 7) is 3.06. The van der Waals surface area contributed by atoms with E-state index in [0.717, 1.165) is 13.0 Å². The van der Waals surface area contributed by atoms with Crippen LogP contribution in [0.1, 0.15) is 102 Å². The first kappa shape index (κ1) is 25.6. The maximum absolute atomic E-state index is 12.6. The minimum atomic E-state index is 0.353. The number of hydrogen-bond acceptors (Lipinski definition) is 1. The number of carbonyl (C=O) groups excluding carboxylic acids is 1. The maximum Gasteiger partial charge on any atom is 0.313 e. The smallest absolute Gasteiger partial charge is 0.262 e. The summed E-state index contributed by atoms with van der Waals surface area (Å²) in [5.74, 6) is 0.353. The molecule has 0 unspecified atom stereocenters. The van der Waals surface area contributed by atoms with Gasteiger partial charge in [-0.05, 0) is 32.1 Å². The number of nitrogens with zero attached hydrogens (tertiary/aromatic N) is 1. The highest BCUT2D eigenvalue weighted by atomic mass is 16.2. The van der Waals surface area contributed by atoms with Crippen molar-refractivity contribution in [3.8, 4) is 0 Å². The fourth-order valence-electron chi connectivity index (χ4n) is 3.78. The molecule has 2 nitrogen and oxygen atoms in total. The fourth-order valence-corrected chi connectivity index (χ4v) is 3.78. The minimum Gasteiger partial charge on any atom is -0.262 e. The summed E-state index contributed by atoms with van der Waals surface area (Å²) in [4.78, 5) is 12.6. The summed E-state index contributed by atoms with van der Waals surface area (Å²) in [6.07, 6.45) is 22.3. The van der Waals surface area contributed by atoms with E-state index in [-0.39, 0.29) is 0 Å². The second kappa shape index (κ2) is 16.4. The third-order valence-electron chi connectivity index (χ3n) is 5.75. The first-order valence-electron chi connectivity index (χ1n) is 12.1. The highest BCUT2D eigenvalue weighted by molar-refractivity contribution is 5.68. The average Bonchev–Trinajstić information content (AvgIpc) is 2.71. The van der Waals surface area contributed by atoms with Crippen LogP contribution in [0.4, 0.5) is 0 Å². The van der Waals surface area contributed by atoms with Crippen molar-refractivity contribution in [1.82, 2.24) is 0 Å². The van der Waals surface area contributed by atoms with Gasteiger partial charge in [-0.1, -0.05) is 101 Å². The molecular formula is C27H46NO+. The van der Waals surface area contributed by atoms with Crippen LogP contribution in [0.2, 0.25) is 0 Å². The molecule has 0 aliphatic heterocycles. The second-order valence-corrected chi connectivity index (χ2v) is 9.06. The summed E-state index contributed by atoms with van der Waals surface area (Å²) in [5, 5.41) is 0. The van der Waals surface area contributed by atoms with Gasteiger partial charge in [-0.3, -0.25) is 4.48 Å². The van der Waals surface area contributed by atoms with Crippen molar-refractivity contribution in [3.05, 3.63) is 48.0 Å². The lowest BCUT2D eigenvalue weighted by molar-refractivity contribution is -0.828. The van der Waals surface area contributed by atoms with E-state index >= 15 is 0 Å². The lowest BCUT2D eigenvalue weighted by atomic mass is 10.1. The van der Waals surface area contributed by atoms with Crippen molar-refractivity contribution in [3.63, 3.8) is 0 Å². The van der Waals surface area contributed by atoms with Gasteiger partial charge < -0.3 is 0 Å². The van der Waals surface area contributed by atoms with Gasteiger partial charge in [0, 0.05) is 5.56 Å². The van der Waals surface area contributed by atoms with Gasteiger partial charge in [-0.25, -0.2) is 4.79 Å². The molecule has 29 heavy (non-hydrogen) atoms. The summed E-state index contributed by atoms with van der Waals surface area (Å²) in [6, 6.07) is 10.3. The molecule has 0 saturated heterocycles. The zero-order valence-corrected chi connectivity index (χ0v) is 19.5. The molecular weight excluding hydrogens is 354 g/mol. The lowest BCUT2D eigenvalue weighted by Gasteiger charge is -2.27. The zero-order chi connectivity index (χ0) is 21.2. The predicted molar refractivity (Wildman–Crippen MR) is 127 cm³/mol. The molecule has 0 heterocycles. The molecule has 0 aliphatic rings. The molecule has 0 N–H and O–H groups in total. The number of rotatable bonds is 17. The van der Waals surface area contributed by atoms with Crippen molar-refractivity contribution < 1.29 is 9.28 Å². The molecule has 1 rings (SSSR count). The Hall–Kier alpha value is -1.41. The lowest BCUT2D eigenvalue weighted by Crippen LogP contribution is -2.44. The minimum absolute atomic E-state index is 0.353. The summed E-state index contributed by atoms with van der Waals surface area (Å²) >= 11 is 0. The van der Waals surface area contributed by atoms with Crippen molar-refractivity contribution >= 4 is 5.91 Å². The standard InChI is InChI=1S/C27H46NO/c1-4-5-6-7-8-9-10-11-12-13-14-15-16-17-21-24-27(29)28(2,3)25-26-22-19-18-20-23-26/h11-12,18-20,22-23H,4-10,13-17,21,24-25H2,1-3H3/q+1/b12-11-. The monoisotopic (exact) mass is 400 g/mol. The highest BCUT2D eigenvalue weighted by Gasteiger charge is 2.25. The van der Waals surface area contributed by atoms with Crippen molar-refractivity contribution in [2.45, 2.75) is 103 Å². The molecule has 0 saturated carbocycles. The second-order valence-electron chi connectivity index (χ2n) is 9.06. The largest absolute Gasteiger partial charge is 0.313 e. The number of allylic oxidation sites excluding steroid dienone is 2. The van der Waals surface area contributed by atoms with Gasteiger partial charge in [0.05, 0.1) is 20.5 Å². The fraction of sp³-hybridized carbons (Fsp3) is 0.667. The highest BCUT2D eigenvalue weighted by Crippen LogP contribution is 2.15. The molecule has 0 bridgehead atoms. The Morgan fingerprint density at radius 1 is 0.759 bits per heavy atom. The van der Waals surface area contributed by atoms with E-state index in [1.54, 1.807) is 0 Å². The third kappa shape index (κ3) is 13.4. The summed E-state index contributed by atoms with van der Waals surface area (Å²) < 4.78 is 0.452. The molecule has 0 aromatic heterocycles. The van der Waals surface area contributed by atoms with Gasteiger partial charge in [0.1, 0.15) is 6.54 Å². The van der Waals surface area contributed by atoms with Crippen LogP contribution >= 0.6 is 0 Å². The van der Waals surface area contributed by atoms with E-state index in [4.69, 9.17) is 0 Å². The average molecular weight is 401 g/mol. The maximum atomic E-state index is 12.6. The first-order valence-corrected chi connectivity index (χ1v) is 12.1. The first-order chi connectivity index (χ1) is 14.1. The quantitative estimate of drug-likeness (QED) is 0.148. The Kier molecular flexibility index (Phi) is 14.5. The Morgan fingerprint density at radius 3 is 1.86 bits per heavy atom. The van der Waals surface area contributed by atoms with Gasteiger partial charge in [0.25, 0.3) is 0 Å². The Morgan fingerprint density at radius 2 is 1.28 bits per heavy atom. The van der Waals surface area contributed by atoms with Crippen molar-refractivity contribution in [1.29, 1.82) is 0 Å². The number of quaternary nitrogens is 1. The van der Waals surface area contributed by atoms with E-state index in [0.29, 0.717) is 16.8 Å². The van der Waals surface area contributed by atoms with E-state index in [9.17, 15) is 4.79 Å².